The minimum Gasteiger partial charge on any atom is -0.507 e. The molecule has 0 spiro atoms. The van der Waals surface area contributed by atoms with Crippen molar-refractivity contribution in [3.05, 3.63) is 42.6 Å². The Bertz CT molecular complexity index is 915. The zero-order valence-electron chi connectivity index (χ0n) is 14.6. The predicted molar refractivity (Wildman–Crippen MR) is 100.0 cm³/mol. The van der Waals surface area contributed by atoms with Gasteiger partial charge in [0.15, 0.2) is 5.82 Å². The minimum absolute atomic E-state index is 0.114. The number of benzene rings is 1. The molecule has 3 aromatic rings. The minimum atomic E-state index is -0.827. The first-order chi connectivity index (χ1) is 12.6. The number of halogens is 1. The highest BCUT2D eigenvalue weighted by molar-refractivity contribution is 5.87. The molecule has 2 heterocycles. The molecule has 5 nitrogen and oxygen atoms in total. The summed E-state index contributed by atoms with van der Waals surface area (Å²) in [4.78, 5) is 6.11. The molecule has 0 aliphatic heterocycles. The van der Waals surface area contributed by atoms with Crippen molar-refractivity contribution in [2.24, 2.45) is 0 Å². The maximum absolute atomic E-state index is 14.2. The van der Waals surface area contributed by atoms with E-state index in [2.05, 4.69) is 15.2 Å². The quantitative estimate of drug-likeness (QED) is 0.768. The molecule has 1 saturated carbocycles. The molecule has 26 heavy (non-hydrogen) atoms. The van der Waals surface area contributed by atoms with Gasteiger partial charge in [-0.2, -0.15) is 0 Å². The molecule has 0 amide bonds. The van der Waals surface area contributed by atoms with Crippen LogP contribution < -0.4 is 4.90 Å². The molecular formula is C20H21FN4O. The van der Waals surface area contributed by atoms with Crippen LogP contribution in [0.1, 0.15) is 25.7 Å². The number of aromatic hydroxyl groups is 1. The van der Waals surface area contributed by atoms with E-state index in [9.17, 15) is 9.50 Å². The zero-order valence-corrected chi connectivity index (χ0v) is 14.6. The van der Waals surface area contributed by atoms with Gasteiger partial charge in [0.2, 0.25) is 0 Å². The molecule has 0 bridgehead atoms. The van der Waals surface area contributed by atoms with Gasteiger partial charge in [-0.05, 0) is 37.1 Å². The Morgan fingerprint density at radius 2 is 1.96 bits per heavy atom. The zero-order chi connectivity index (χ0) is 18.1. The number of pyridine rings is 1. The van der Waals surface area contributed by atoms with Gasteiger partial charge in [0.25, 0.3) is 0 Å². The summed E-state index contributed by atoms with van der Waals surface area (Å²) in [6.45, 7) is 0. The van der Waals surface area contributed by atoms with Gasteiger partial charge in [0, 0.05) is 30.3 Å². The van der Waals surface area contributed by atoms with Crippen molar-refractivity contribution < 1.29 is 9.50 Å². The first-order valence-electron chi connectivity index (χ1n) is 8.92. The Kier molecular flexibility index (Phi) is 4.41. The van der Waals surface area contributed by atoms with Gasteiger partial charge in [0.1, 0.15) is 11.9 Å². The van der Waals surface area contributed by atoms with Gasteiger partial charge < -0.3 is 10.0 Å². The number of rotatable bonds is 3. The molecule has 1 aliphatic carbocycles. The Morgan fingerprint density at radius 3 is 2.73 bits per heavy atom. The van der Waals surface area contributed by atoms with Crippen molar-refractivity contribution in [3.8, 4) is 17.0 Å². The molecular weight excluding hydrogens is 331 g/mol. The molecule has 2 aromatic heterocycles. The normalized spacial score (nSPS) is 20.2. The first kappa shape index (κ1) is 16.7. The monoisotopic (exact) mass is 352 g/mol. The fraction of sp³-hybridized carbons (Fsp3) is 0.350. The Morgan fingerprint density at radius 1 is 1.12 bits per heavy atom. The molecule has 2 atom stereocenters. The molecule has 1 aliphatic rings. The fourth-order valence-electron chi connectivity index (χ4n) is 3.64. The van der Waals surface area contributed by atoms with Crippen LogP contribution in [0.3, 0.4) is 0 Å². The average molecular weight is 352 g/mol. The maximum Gasteiger partial charge on any atom is 0.151 e. The number of phenolic OH excluding ortho intramolecular Hbond substituents is 1. The summed E-state index contributed by atoms with van der Waals surface area (Å²) < 4.78 is 14.2. The van der Waals surface area contributed by atoms with E-state index in [-0.39, 0.29) is 11.8 Å². The molecule has 134 valence electrons. The Balaban J connectivity index is 1.62. The number of hydrogen-bond donors (Lipinski definition) is 1. The summed E-state index contributed by atoms with van der Waals surface area (Å²) in [5, 5.41) is 19.8. The van der Waals surface area contributed by atoms with E-state index in [0.717, 1.165) is 30.2 Å². The number of phenols is 1. The third kappa shape index (κ3) is 3.07. The number of hydrogen-bond acceptors (Lipinski definition) is 5. The number of fused-ring (bicyclic) bond motifs is 1. The van der Waals surface area contributed by atoms with Gasteiger partial charge in [-0.25, -0.2) is 4.39 Å². The topological polar surface area (TPSA) is 62.1 Å². The predicted octanol–water partition coefficient (Wildman–Crippen LogP) is 4.11. The van der Waals surface area contributed by atoms with Crippen LogP contribution in [-0.2, 0) is 0 Å². The van der Waals surface area contributed by atoms with Crippen molar-refractivity contribution in [1.29, 1.82) is 0 Å². The molecule has 0 saturated heterocycles. The second-order valence-corrected chi connectivity index (χ2v) is 6.82. The Labute approximate surface area is 151 Å². The van der Waals surface area contributed by atoms with Crippen LogP contribution in [0.2, 0.25) is 0 Å². The van der Waals surface area contributed by atoms with Gasteiger partial charge in [0.05, 0.1) is 17.3 Å². The molecule has 1 fully saturated rings. The number of aromatic nitrogens is 3. The molecule has 4 rings (SSSR count). The summed E-state index contributed by atoms with van der Waals surface area (Å²) >= 11 is 0. The third-order valence-electron chi connectivity index (χ3n) is 5.15. The number of alkyl halides is 1. The lowest BCUT2D eigenvalue weighted by Crippen LogP contribution is -2.41. The summed E-state index contributed by atoms with van der Waals surface area (Å²) in [5.41, 5.74) is 1.91. The van der Waals surface area contributed by atoms with Crippen LogP contribution in [0.5, 0.6) is 5.75 Å². The summed E-state index contributed by atoms with van der Waals surface area (Å²) in [5.74, 6) is 0.757. The standard InChI is InChI=1S/C20H21FN4O/c1-25(18-7-3-2-6-15(18)21)20-9-8-16(23-24-20)14-11-13-5-4-10-22-17(13)12-19(14)26/h4-5,8-12,15,18,26H,2-3,6-7H2,1H3/t15-,18+/m0/s1. The molecule has 1 aromatic carbocycles. The van der Waals surface area contributed by atoms with E-state index in [0.29, 0.717) is 23.5 Å². The average Bonchev–Trinajstić information content (AvgIpc) is 2.67. The number of nitrogens with zero attached hydrogens (tertiary/aromatic N) is 4. The molecule has 0 unspecified atom stereocenters. The van der Waals surface area contributed by atoms with Crippen LogP contribution in [0, 0.1) is 0 Å². The van der Waals surface area contributed by atoms with E-state index in [4.69, 9.17) is 0 Å². The SMILES string of the molecule is CN(c1ccc(-c2cc3cccnc3cc2O)nn1)[C@@H]1CCCC[C@@H]1F. The van der Waals surface area contributed by atoms with Crippen molar-refractivity contribution in [2.75, 3.05) is 11.9 Å². The van der Waals surface area contributed by atoms with Crippen molar-refractivity contribution in [2.45, 2.75) is 37.9 Å². The fourth-order valence-corrected chi connectivity index (χ4v) is 3.64. The second-order valence-electron chi connectivity index (χ2n) is 6.82. The highest BCUT2D eigenvalue weighted by Gasteiger charge is 2.29. The van der Waals surface area contributed by atoms with Crippen LogP contribution in [-0.4, -0.2) is 39.5 Å². The lowest BCUT2D eigenvalue weighted by atomic mass is 9.92. The first-order valence-corrected chi connectivity index (χ1v) is 8.92. The summed E-state index contributed by atoms with van der Waals surface area (Å²) in [7, 11) is 1.87. The van der Waals surface area contributed by atoms with Crippen molar-refractivity contribution >= 4 is 16.7 Å². The van der Waals surface area contributed by atoms with E-state index in [1.807, 2.05) is 42.3 Å². The third-order valence-corrected chi connectivity index (χ3v) is 5.15. The largest absolute Gasteiger partial charge is 0.507 e. The van der Waals surface area contributed by atoms with E-state index in [1.165, 1.54) is 0 Å². The summed E-state index contributed by atoms with van der Waals surface area (Å²) in [6, 6.07) is 10.8. The maximum atomic E-state index is 14.2. The lowest BCUT2D eigenvalue weighted by molar-refractivity contribution is 0.213. The van der Waals surface area contributed by atoms with Gasteiger partial charge in [-0.1, -0.05) is 18.9 Å². The molecule has 6 heteroatoms. The van der Waals surface area contributed by atoms with Crippen LogP contribution in [0.15, 0.2) is 42.6 Å². The highest BCUT2D eigenvalue weighted by atomic mass is 19.1. The molecule has 0 radical (unpaired) electrons. The highest BCUT2D eigenvalue weighted by Crippen LogP contribution is 2.32. The number of anilines is 1. The van der Waals surface area contributed by atoms with Crippen LogP contribution in [0.4, 0.5) is 10.2 Å². The van der Waals surface area contributed by atoms with Gasteiger partial charge in [-0.15, -0.1) is 10.2 Å². The second kappa shape index (κ2) is 6.86. The van der Waals surface area contributed by atoms with Crippen LogP contribution in [0.25, 0.3) is 22.2 Å². The van der Waals surface area contributed by atoms with Crippen molar-refractivity contribution in [1.82, 2.24) is 15.2 Å². The van der Waals surface area contributed by atoms with Crippen molar-refractivity contribution in [3.63, 3.8) is 0 Å². The van der Waals surface area contributed by atoms with E-state index < -0.39 is 6.17 Å². The van der Waals surface area contributed by atoms with E-state index in [1.54, 1.807) is 12.3 Å². The molecule has 1 N–H and O–H groups in total. The van der Waals surface area contributed by atoms with Gasteiger partial charge >= 0.3 is 0 Å². The van der Waals surface area contributed by atoms with E-state index >= 15 is 0 Å². The Hall–Kier alpha value is -2.76. The smallest absolute Gasteiger partial charge is 0.151 e. The van der Waals surface area contributed by atoms with Crippen LogP contribution >= 0.6 is 0 Å². The summed E-state index contributed by atoms with van der Waals surface area (Å²) in [6.07, 6.45) is 4.30. The lowest BCUT2D eigenvalue weighted by Gasteiger charge is -2.34. The van der Waals surface area contributed by atoms with Gasteiger partial charge in [-0.3, -0.25) is 4.98 Å².